The number of aromatic nitrogens is 1. The number of nitrogens with zero attached hydrogens (tertiary/aromatic N) is 2. The highest BCUT2D eigenvalue weighted by molar-refractivity contribution is 5.99. The Labute approximate surface area is 147 Å². The monoisotopic (exact) mass is 347 g/mol. The van der Waals surface area contributed by atoms with Gasteiger partial charge in [-0.3, -0.25) is 14.6 Å². The molecule has 3 heterocycles. The second-order valence-electron chi connectivity index (χ2n) is 7.57. The van der Waals surface area contributed by atoms with E-state index in [1.165, 1.54) is 12.4 Å². The van der Waals surface area contributed by atoms with Crippen molar-refractivity contribution in [3.05, 3.63) is 29.6 Å². The lowest BCUT2D eigenvalue weighted by atomic mass is 10.0. The zero-order chi connectivity index (χ0) is 18.1. The Morgan fingerprint density at radius 3 is 2.32 bits per heavy atom. The average Bonchev–Trinajstić information content (AvgIpc) is 3.02. The molecule has 1 aromatic rings. The molecule has 25 heavy (non-hydrogen) atoms. The van der Waals surface area contributed by atoms with E-state index >= 15 is 0 Å². The third-order valence-corrected chi connectivity index (χ3v) is 4.36. The van der Waals surface area contributed by atoms with E-state index in [0.29, 0.717) is 50.3 Å². The molecule has 3 rings (SSSR count). The summed E-state index contributed by atoms with van der Waals surface area (Å²) in [7, 11) is 0. The van der Waals surface area contributed by atoms with E-state index in [9.17, 15) is 9.59 Å². The van der Waals surface area contributed by atoms with Crippen molar-refractivity contribution in [2.75, 3.05) is 26.3 Å². The first-order valence-corrected chi connectivity index (χ1v) is 8.63. The maximum absolute atomic E-state index is 12.7. The van der Waals surface area contributed by atoms with Crippen molar-refractivity contribution in [3.63, 3.8) is 0 Å². The first-order valence-electron chi connectivity index (χ1n) is 8.63. The number of pyridine rings is 1. The van der Waals surface area contributed by atoms with Crippen molar-refractivity contribution in [1.29, 1.82) is 0 Å². The van der Waals surface area contributed by atoms with E-state index in [-0.39, 0.29) is 17.4 Å². The number of hydrogen-bond acceptors (Lipinski definition) is 5. The maximum Gasteiger partial charge on any atom is 0.255 e. The molecular weight excluding hydrogens is 322 g/mol. The Bertz CT molecular complexity index is 653. The smallest absolute Gasteiger partial charge is 0.255 e. The molecule has 0 unspecified atom stereocenters. The molecule has 2 saturated heterocycles. The van der Waals surface area contributed by atoms with E-state index in [2.05, 4.69) is 10.3 Å². The summed E-state index contributed by atoms with van der Waals surface area (Å²) in [5.74, 6) is -0.866. The van der Waals surface area contributed by atoms with Crippen LogP contribution in [-0.4, -0.2) is 59.3 Å². The minimum atomic E-state index is -0.510. The van der Waals surface area contributed by atoms with Crippen LogP contribution in [0.3, 0.4) is 0 Å². The first-order chi connectivity index (χ1) is 11.8. The molecule has 0 radical (unpaired) electrons. The number of piperidine rings is 1. The number of hydrogen-bond donors (Lipinski definition) is 1. The van der Waals surface area contributed by atoms with Gasteiger partial charge in [-0.2, -0.15) is 0 Å². The maximum atomic E-state index is 12.7. The number of likely N-dealkylation sites (tertiary alicyclic amines) is 1. The Morgan fingerprint density at radius 1 is 1.12 bits per heavy atom. The van der Waals surface area contributed by atoms with Crippen LogP contribution in [0.4, 0.5) is 0 Å². The van der Waals surface area contributed by atoms with Crippen molar-refractivity contribution in [3.8, 4) is 0 Å². The molecule has 0 bridgehead atoms. The summed E-state index contributed by atoms with van der Waals surface area (Å²) in [4.78, 5) is 30.8. The third-order valence-electron chi connectivity index (χ3n) is 4.36. The lowest BCUT2D eigenvalue weighted by Gasteiger charge is -2.37. The number of ether oxygens (including phenoxy) is 2. The van der Waals surface area contributed by atoms with Gasteiger partial charge in [0.2, 0.25) is 0 Å². The minimum Gasteiger partial charge on any atom is -0.347 e. The first kappa shape index (κ1) is 17.8. The van der Waals surface area contributed by atoms with Crippen molar-refractivity contribution >= 4 is 11.8 Å². The molecule has 1 aromatic heterocycles. The van der Waals surface area contributed by atoms with Crippen molar-refractivity contribution in [1.82, 2.24) is 15.2 Å². The van der Waals surface area contributed by atoms with Gasteiger partial charge in [-0.25, -0.2) is 0 Å². The van der Waals surface area contributed by atoms with Crippen molar-refractivity contribution in [2.45, 2.75) is 44.9 Å². The lowest BCUT2D eigenvalue weighted by molar-refractivity contribution is -0.181. The molecule has 1 spiro atoms. The molecule has 7 heteroatoms. The zero-order valence-corrected chi connectivity index (χ0v) is 15.0. The zero-order valence-electron chi connectivity index (χ0n) is 15.0. The Kier molecular flexibility index (Phi) is 4.79. The molecule has 2 aliphatic heterocycles. The summed E-state index contributed by atoms with van der Waals surface area (Å²) in [6.45, 7) is 8.08. The molecule has 0 aliphatic carbocycles. The fourth-order valence-electron chi connectivity index (χ4n) is 3.11. The van der Waals surface area contributed by atoms with Gasteiger partial charge in [0.05, 0.1) is 24.3 Å². The topological polar surface area (TPSA) is 80.8 Å². The van der Waals surface area contributed by atoms with Gasteiger partial charge in [0.25, 0.3) is 11.8 Å². The van der Waals surface area contributed by atoms with Crippen LogP contribution in [-0.2, 0) is 9.47 Å². The number of amides is 2. The van der Waals surface area contributed by atoms with Gasteiger partial charge >= 0.3 is 0 Å². The molecule has 2 amide bonds. The molecule has 0 saturated carbocycles. The average molecular weight is 347 g/mol. The highest BCUT2D eigenvalue weighted by atomic mass is 16.7. The molecule has 136 valence electrons. The summed E-state index contributed by atoms with van der Waals surface area (Å²) < 4.78 is 11.4. The van der Waals surface area contributed by atoms with Gasteiger partial charge in [0.1, 0.15) is 0 Å². The standard InChI is InChI=1S/C18H25N3O4/c1-17(2,3)20-15(22)13-10-14(12-19-11-13)16(23)21-6-4-18(5-7-21)24-8-9-25-18/h10-12H,4-9H2,1-3H3,(H,20,22). The van der Waals surface area contributed by atoms with Crippen LogP contribution in [0.15, 0.2) is 18.5 Å². The van der Waals surface area contributed by atoms with Crippen LogP contribution < -0.4 is 5.32 Å². The van der Waals surface area contributed by atoms with Gasteiger partial charge in [0, 0.05) is 43.9 Å². The highest BCUT2D eigenvalue weighted by Gasteiger charge is 2.40. The molecule has 1 N–H and O–H groups in total. The van der Waals surface area contributed by atoms with Gasteiger partial charge in [-0.05, 0) is 26.8 Å². The predicted molar refractivity (Wildman–Crippen MR) is 91.2 cm³/mol. The van der Waals surface area contributed by atoms with Crippen LogP contribution in [0.1, 0.15) is 54.3 Å². The summed E-state index contributed by atoms with van der Waals surface area (Å²) in [6.07, 6.45) is 4.30. The summed E-state index contributed by atoms with van der Waals surface area (Å²) in [6, 6.07) is 1.60. The van der Waals surface area contributed by atoms with Crippen LogP contribution in [0.5, 0.6) is 0 Å². The molecular formula is C18H25N3O4. The highest BCUT2D eigenvalue weighted by Crippen LogP contribution is 2.31. The SMILES string of the molecule is CC(C)(C)NC(=O)c1cncc(C(=O)N2CCC3(CC2)OCCO3)c1. The number of carbonyl (C=O) groups is 2. The molecule has 2 fully saturated rings. The summed E-state index contributed by atoms with van der Waals surface area (Å²) in [5, 5.41) is 2.88. The van der Waals surface area contributed by atoms with E-state index in [1.807, 2.05) is 20.8 Å². The summed E-state index contributed by atoms with van der Waals surface area (Å²) in [5.41, 5.74) is 0.460. The van der Waals surface area contributed by atoms with Gasteiger partial charge < -0.3 is 19.7 Å². The number of carbonyl (C=O) groups excluding carboxylic acids is 2. The lowest BCUT2D eigenvalue weighted by Crippen LogP contribution is -2.47. The van der Waals surface area contributed by atoms with Crippen LogP contribution in [0, 0.1) is 0 Å². The summed E-state index contributed by atoms with van der Waals surface area (Å²) >= 11 is 0. The largest absolute Gasteiger partial charge is 0.347 e. The van der Waals surface area contributed by atoms with E-state index < -0.39 is 5.79 Å². The van der Waals surface area contributed by atoms with Crippen LogP contribution in [0.25, 0.3) is 0 Å². The normalized spacial score (nSPS) is 19.9. The second-order valence-corrected chi connectivity index (χ2v) is 7.57. The minimum absolute atomic E-state index is 0.120. The molecule has 0 aromatic carbocycles. The van der Waals surface area contributed by atoms with Crippen LogP contribution in [0.2, 0.25) is 0 Å². The third kappa shape index (κ3) is 4.16. The van der Waals surface area contributed by atoms with Crippen molar-refractivity contribution in [2.24, 2.45) is 0 Å². The number of rotatable bonds is 2. The Hall–Kier alpha value is -1.99. The van der Waals surface area contributed by atoms with Gasteiger partial charge in [0.15, 0.2) is 5.79 Å². The predicted octanol–water partition coefficient (Wildman–Crippen LogP) is 1.59. The van der Waals surface area contributed by atoms with Crippen molar-refractivity contribution < 1.29 is 19.1 Å². The molecule has 2 aliphatic rings. The van der Waals surface area contributed by atoms with E-state index in [0.717, 1.165) is 0 Å². The number of nitrogens with one attached hydrogen (secondary N) is 1. The van der Waals surface area contributed by atoms with Gasteiger partial charge in [-0.1, -0.05) is 0 Å². The van der Waals surface area contributed by atoms with E-state index in [4.69, 9.17) is 9.47 Å². The van der Waals surface area contributed by atoms with E-state index in [1.54, 1.807) is 11.0 Å². The quantitative estimate of drug-likeness (QED) is 0.879. The second kappa shape index (κ2) is 6.72. The van der Waals surface area contributed by atoms with Gasteiger partial charge in [-0.15, -0.1) is 0 Å². The fourth-order valence-corrected chi connectivity index (χ4v) is 3.11. The Morgan fingerprint density at radius 2 is 1.72 bits per heavy atom. The fraction of sp³-hybridized carbons (Fsp3) is 0.611. The molecule has 0 atom stereocenters. The Balaban J connectivity index is 1.67. The molecule has 7 nitrogen and oxygen atoms in total. The van der Waals surface area contributed by atoms with Crippen LogP contribution >= 0.6 is 0 Å².